The van der Waals surface area contributed by atoms with Crippen LogP contribution in [0.5, 0.6) is 5.75 Å². The molecule has 0 aliphatic carbocycles. The molecule has 0 aliphatic rings. The average Bonchev–Trinajstić information content (AvgIpc) is 2.08. The number of benzene rings is 1. The molecule has 0 saturated carbocycles. The Balaban J connectivity index is 0.00000169. The van der Waals surface area contributed by atoms with Crippen molar-refractivity contribution in [2.45, 2.75) is 19.9 Å². The molecule has 2 N–H and O–H groups in total. The van der Waals surface area contributed by atoms with Crippen molar-refractivity contribution in [3.05, 3.63) is 28.2 Å². The van der Waals surface area contributed by atoms with Crippen LogP contribution in [-0.2, 0) is 0 Å². The second kappa shape index (κ2) is 6.27. The van der Waals surface area contributed by atoms with Crippen LogP contribution >= 0.6 is 28.3 Å². The summed E-state index contributed by atoms with van der Waals surface area (Å²) in [6.45, 7) is 4.58. The predicted octanol–water partition coefficient (Wildman–Crippen LogP) is 3.29. The first-order chi connectivity index (χ1) is 6.15. The molecule has 1 aromatic carbocycles. The molecule has 0 bridgehead atoms. The van der Waals surface area contributed by atoms with E-state index in [1.54, 1.807) is 0 Å². The van der Waals surface area contributed by atoms with Gasteiger partial charge in [0.2, 0.25) is 0 Å². The number of hydrogen-bond donors (Lipinski definition) is 1. The van der Waals surface area contributed by atoms with Crippen molar-refractivity contribution in [1.29, 1.82) is 0 Å². The predicted molar refractivity (Wildman–Crippen MR) is 65.2 cm³/mol. The Hall–Kier alpha value is -0.250. The summed E-state index contributed by atoms with van der Waals surface area (Å²) in [4.78, 5) is 0. The van der Waals surface area contributed by atoms with Gasteiger partial charge in [-0.25, -0.2) is 0 Å². The molecule has 0 spiro atoms. The van der Waals surface area contributed by atoms with E-state index >= 15 is 0 Å². The lowest BCUT2D eigenvalue weighted by atomic mass is 10.1. The molecule has 80 valence electrons. The van der Waals surface area contributed by atoms with E-state index in [0.717, 1.165) is 15.8 Å². The molecule has 0 radical (unpaired) electrons. The van der Waals surface area contributed by atoms with Gasteiger partial charge in [0.05, 0.1) is 6.61 Å². The third-order valence-electron chi connectivity index (χ3n) is 1.76. The zero-order valence-corrected chi connectivity index (χ0v) is 10.7. The molecule has 1 rings (SSSR count). The van der Waals surface area contributed by atoms with Crippen LogP contribution in [-0.4, -0.2) is 6.61 Å². The van der Waals surface area contributed by atoms with Gasteiger partial charge < -0.3 is 10.5 Å². The van der Waals surface area contributed by atoms with Gasteiger partial charge >= 0.3 is 0 Å². The zero-order chi connectivity index (χ0) is 9.84. The number of nitrogens with two attached hydrogens (primary N) is 1. The highest BCUT2D eigenvalue weighted by molar-refractivity contribution is 9.10. The molecule has 0 saturated heterocycles. The maximum absolute atomic E-state index is 5.81. The van der Waals surface area contributed by atoms with Gasteiger partial charge in [-0.1, -0.05) is 15.9 Å². The van der Waals surface area contributed by atoms with Crippen molar-refractivity contribution in [2.75, 3.05) is 6.61 Å². The topological polar surface area (TPSA) is 35.2 Å². The van der Waals surface area contributed by atoms with Crippen LogP contribution in [0.25, 0.3) is 0 Å². The Morgan fingerprint density at radius 1 is 1.50 bits per heavy atom. The van der Waals surface area contributed by atoms with Gasteiger partial charge in [-0.05, 0) is 32.0 Å². The highest BCUT2D eigenvalue weighted by Gasteiger charge is 2.07. The molecular formula is C10H15BrClNO. The number of halogens is 2. The Bertz CT molecular complexity index is 291. The zero-order valence-electron chi connectivity index (χ0n) is 8.29. The third-order valence-corrected chi connectivity index (χ3v) is 2.26. The summed E-state index contributed by atoms with van der Waals surface area (Å²) in [6, 6.07) is 5.89. The smallest absolute Gasteiger partial charge is 0.124 e. The van der Waals surface area contributed by atoms with Crippen molar-refractivity contribution in [3.63, 3.8) is 0 Å². The van der Waals surface area contributed by atoms with Crippen LogP contribution in [0.2, 0.25) is 0 Å². The minimum absolute atomic E-state index is 0. The second-order valence-corrected chi connectivity index (χ2v) is 3.82. The fourth-order valence-corrected chi connectivity index (χ4v) is 1.54. The van der Waals surface area contributed by atoms with Crippen molar-refractivity contribution >= 4 is 28.3 Å². The summed E-state index contributed by atoms with van der Waals surface area (Å²) in [5.74, 6) is 0.876. The fourth-order valence-electron chi connectivity index (χ4n) is 1.16. The lowest BCUT2D eigenvalue weighted by Crippen LogP contribution is -2.07. The Labute approximate surface area is 99.4 Å². The molecule has 0 heterocycles. The van der Waals surface area contributed by atoms with E-state index in [1.807, 2.05) is 32.0 Å². The molecule has 0 fully saturated rings. The van der Waals surface area contributed by atoms with Crippen molar-refractivity contribution in [2.24, 2.45) is 5.73 Å². The molecule has 0 unspecified atom stereocenters. The highest BCUT2D eigenvalue weighted by Crippen LogP contribution is 2.27. The van der Waals surface area contributed by atoms with Gasteiger partial charge in [-0.15, -0.1) is 12.4 Å². The lowest BCUT2D eigenvalue weighted by Gasteiger charge is -2.13. The molecule has 0 amide bonds. The number of rotatable bonds is 3. The van der Waals surface area contributed by atoms with E-state index < -0.39 is 0 Å². The Morgan fingerprint density at radius 2 is 2.14 bits per heavy atom. The van der Waals surface area contributed by atoms with E-state index in [1.165, 1.54) is 0 Å². The third kappa shape index (κ3) is 3.48. The summed E-state index contributed by atoms with van der Waals surface area (Å²) >= 11 is 3.40. The van der Waals surface area contributed by atoms with Gasteiger partial charge in [-0.3, -0.25) is 0 Å². The van der Waals surface area contributed by atoms with Gasteiger partial charge in [0.1, 0.15) is 5.75 Å². The van der Waals surface area contributed by atoms with E-state index in [2.05, 4.69) is 15.9 Å². The number of hydrogen-bond acceptors (Lipinski definition) is 2. The minimum Gasteiger partial charge on any atom is -0.494 e. The monoisotopic (exact) mass is 279 g/mol. The fraction of sp³-hybridized carbons (Fsp3) is 0.400. The first kappa shape index (κ1) is 13.8. The maximum Gasteiger partial charge on any atom is 0.124 e. The Morgan fingerprint density at radius 3 is 2.64 bits per heavy atom. The normalized spacial score (nSPS) is 11.7. The van der Waals surface area contributed by atoms with Crippen LogP contribution in [0.15, 0.2) is 22.7 Å². The second-order valence-electron chi connectivity index (χ2n) is 2.90. The van der Waals surface area contributed by atoms with Crippen LogP contribution < -0.4 is 10.5 Å². The van der Waals surface area contributed by atoms with E-state index in [4.69, 9.17) is 10.5 Å². The summed E-state index contributed by atoms with van der Waals surface area (Å²) in [6.07, 6.45) is 0. The van der Waals surface area contributed by atoms with Crippen molar-refractivity contribution < 1.29 is 4.74 Å². The Kier molecular flexibility index (Phi) is 6.16. The lowest BCUT2D eigenvalue weighted by molar-refractivity contribution is 0.335. The summed E-state index contributed by atoms with van der Waals surface area (Å²) in [5.41, 5.74) is 6.85. The highest BCUT2D eigenvalue weighted by atomic mass is 79.9. The quantitative estimate of drug-likeness (QED) is 0.922. The molecule has 1 aromatic rings. The molecule has 0 aliphatic heterocycles. The first-order valence-electron chi connectivity index (χ1n) is 4.33. The van der Waals surface area contributed by atoms with Crippen LogP contribution in [0.4, 0.5) is 0 Å². The SMILES string of the molecule is CCOc1ccc(Br)cc1[C@@H](C)N.Cl. The first-order valence-corrected chi connectivity index (χ1v) is 5.12. The molecule has 4 heteroatoms. The van der Waals surface area contributed by atoms with E-state index in [9.17, 15) is 0 Å². The minimum atomic E-state index is -0.000880. The molecule has 1 atom stereocenters. The van der Waals surface area contributed by atoms with Crippen LogP contribution in [0, 0.1) is 0 Å². The maximum atomic E-state index is 5.81. The van der Waals surface area contributed by atoms with Gasteiger partial charge in [0, 0.05) is 16.1 Å². The molecular weight excluding hydrogens is 265 g/mol. The van der Waals surface area contributed by atoms with Crippen molar-refractivity contribution in [3.8, 4) is 5.75 Å². The van der Waals surface area contributed by atoms with Crippen LogP contribution in [0.3, 0.4) is 0 Å². The average molecular weight is 281 g/mol. The molecule has 14 heavy (non-hydrogen) atoms. The van der Waals surface area contributed by atoms with Gasteiger partial charge in [0.15, 0.2) is 0 Å². The summed E-state index contributed by atoms with van der Waals surface area (Å²) < 4.78 is 6.48. The van der Waals surface area contributed by atoms with E-state index in [-0.39, 0.29) is 18.4 Å². The number of ether oxygens (including phenoxy) is 1. The summed E-state index contributed by atoms with van der Waals surface area (Å²) in [5, 5.41) is 0. The van der Waals surface area contributed by atoms with E-state index in [0.29, 0.717) is 6.61 Å². The van der Waals surface area contributed by atoms with Gasteiger partial charge in [0.25, 0.3) is 0 Å². The summed E-state index contributed by atoms with van der Waals surface area (Å²) in [7, 11) is 0. The molecule has 2 nitrogen and oxygen atoms in total. The standard InChI is InChI=1S/C10H14BrNO.ClH/c1-3-13-10-5-4-8(11)6-9(10)7(2)12;/h4-7H,3,12H2,1-2H3;1H/t7-;/m1./s1. The van der Waals surface area contributed by atoms with Gasteiger partial charge in [-0.2, -0.15) is 0 Å². The van der Waals surface area contributed by atoms with Crippen LogP contribution in [0.1, 0.15) is 25.5 Å². The van der Waals surface area contributed by atoms with Crippen molar-refractivity contribution in [1.82, 2.24) is 0 Å². The molecule has 0 aromatic heterocycles. The largest absolute Gasteiger partial charge is 0.494 e.